The number of nitrogens with one attached hydrogen (secondary N) is 1. The molecule has 0 bridgehead atoms. The second-order valence-electron chi connectivity index (χ2n) is 6.97. The Hall–Kier alpha value is -2.40. The fraction of sp³-hybridized carbons (Fsp3) is 0.478. The van der Waals surface area contributed by atoms with Crippen LogP contribution in [-0.2, 0) is 4.79 Å². The van der Waals surface area contributed by atoms with Crippen molar-refractivity contribution in [3.05, 3.63) is 42.6 Å². The molecule has 1 amide bonds. The number of anilines is 1. The molecule has 2 aromatic rings. The van der Waals surface area contributed by atoms with Crippen LogP contribution in [0.25, 0.3) is 11.3 Å². The van der Waals surface area contributed by atoms with E-state index in [0.717, 1.165) is 36.6 Å². The van der Waals surface area contributed by atoms with Gasteiger partial charge in [0.1, 0.15) is 5.75 Å². The minimum atomic E-state index is 0.0171. The van der Waals surface area contributed by atoms with Crippen LogP contribution in [0.1, 0.15) is 46.0 Å². The van der Waals surface area contributed by atoms with Crippen molar-refractivity contribution in [3.63, 3.8) is 0 Å². The number of rotatable bonds is 12. The normalized spacial score (nSPS) is 10.9. The van der Waals surface area contributed by atoms with E-state index >= 15 is 0 Å². The van der Waals surface area contributed by atoms with Crippen molar-refractivity contribution >= 4 is 11.6 Å². The molecule has 1 N–H and O–H groups in total. The summed E-state index contributed by atoms with van der Waals surface area (Å²) in [7, 11) is 1.63. The number of hydrogen-bond donors (Lipinski definition) is 1. The van der Waals surface area contributed by atoms with Crippen molar-refractivity contribution in [3.8, 4) is 17.0 Å². The van der Waals surface area contributed by atoms with Crippen LogP contribution in [0.3, 0.4) is 0 Å². The van der Waals surface area contributed by atoms with Gasteiger partial charge in [-0.1, -0.05) is 32.8 Å². The summed E-state index contributed by atoms with van der Waals surface area (Å²) in [5.74, 6) is 0.728. The van der Waals surface area contributed by atoms with Crippen molar-refractivity contribution < 1.29 is 9.53 Å². The van der Waals surface area contributed by atoms with Crippen molar-refractivity contribution in [2.45, 2.75) is 46.0 Å². The lowest BCUT2D eigenvalue weighted by atomic mass is 10.1. The maximum atomic E-state index is 12.6. The molecule has 0 atom stereocenters. The number of pyridine rings is 1. The average Bonchev–Trinajstić information content (AvgIpc) is 2.73. The predicted octanol–water partition coefficient (Wildman–Crippen LogP) is 4.99. The summed E-state index contributed by atoms with van der Waals surface area (Å²) in [5, 5.41) is 3.07. The molecule has 0 unspecified atom stereocenters. The molecule has 0 saturated heterocycles. The number of aromatic nitrogens is 1. The van der Waals surface area contributed by atoms with E-state index in [1.165, 1.54) is 25.7 Å². The molecule has 0 fully saturated rings. The Morgan fingerprint density at radius 3 is 2.43 bits per heavy atom. The third-order valence-corrected chi connectivity index (χ3v) is 4.75. The first kappa shape index (κ1) is 21.9. The second-order valence-corrected chi connectivity index (χ2v) is 6.97. The number of unbranched alkanes of at least 4 members (excludes halogenated alkanes) is 2. The van der Waals surface area contributed by atoms with Gasteiger partial charge >= 0.3 is 0 Å². The lowest BCUT2D eigenvalue weighted by Crippen LogP contribution is -2.30. The molecular weight excluding hydrogens is 350 g/mol. The zero-order valence-electron chi connectivity index (χ0n) is 17.4. The predicted molar refractivity (Wildman–Crippen MR) is 116 cm³/mol. The van der Waals surface area contributed by atoms with Crippen LogP contribution < -0.4 is 10.1 Å². The highest BCUT2D eigenvalue weighted by Crippen LogP contribution is 2.30. The fourth-order valence-electron chi connectivity index (χ4n) is 3.07. The Kier molecular flexibility index (Phi) is 9.49. The molecule has 28 heavy (non-hydrogen) atoms. The summed E-state index contributed by atoms with van der Waals surface area (Å²) in [6.07, 6.45) is 6.92. The molecule has 1 heterocycles. The van der Waals surface area contributed by atoms with Crippen LogP contribution in [0.4, 0.5) is 5.69 Å². The summed E-state index contributed by atoms with van der Waals surface area (Å²) >= 11 is 0. The smallest absolute Gasteiger partial charge is 0.225 e. The van der Waals surface area contributed by atoms with Crippen LogP contribution >= 0.6 is 0 Å². The van der Waals surface area contributed by atoms with E-state index in [2.05, 4.69) is 29.0 Å². The second kappa shape index (κ2) is 12.1. The van der Waals surface area contributed by atoms with Gasteiger partial charge in [0.15, 0.2) is 0 Å². The number of methoxy groups -OCH3 is 1. The topological polar surface area (TPSA) is 54.5 Å². The van der Waals surface area contributed by atoms with Crippen LogP contribution in [0, 0.1) is 0 Å². The lowest BCUT2D eigenvalue weighted by Gasteiger charge is -2.21. The monoisotopic (exact) mass is 383 g/mol. The van der Waals surface area contributed by atoms with Crippen molar-refractivity contribution in [1.29, 1.82) is 0 Å². The largest absolute Gasteiger partial charge is 0.497 e. The zero-order valence-corrected chi connectivity index (χ0v) is 17.4. The van der Waals surface area contributed by atoms with Crippen molar-refractivity contribution in [2.24, 2.45) is 0 Å². The highest BCUT2D eigenvalue weighted by atomic mass is 16.5. The molecule has 5 nitrogen and oxygen atoms in total. The van der Waals surface area contributed by atoms with Gasteiger partial charge in [0.2, 0.25) is 5.91 Å². The van der Waals surface area contributed by atoms with E-state index < -0.39 is 0 Å². The molecule has 1 aromatic carbocycles. The SMILES string of the molecule is CCCCN(CCCC)CCC(=O)Nc1cc(OC)ccc1-c1ccccn1. The van der Waals surface area contributed by atoms with Crippen molar-refractivity contribution in [2.75, 3.05) is 32.1 Å². The number of ether oxygens (including phenoxy) is 1. The summed E-state index contributed by atoms with van der Waals surface area (Å²) < 4.78 is 5.33. The van der Waals surface area contributed by atoms with E-state index in [4.69, 9.17) is 4.74 Å². The third-order valence-electron chi connectivity index (χ3n) is 4.75. The van der Waals surface area contributed by atoms with Gasteiger partial charge in [0, 0.05) is 30.8 Å². The van der Waals surface area contributed by atoms with Gasteiger partial charge in [-0.05, 0) is 50.2 Å². The van der Waals surface area contributed by atoms with E-state index in [0.29, 0.717) is 12.2 Å². The number of amides is 1. The molecule has 0 radical (unpaired) electrons. The van der Waals surface area contributed by atoms with E-state index in [1.807, 2.05) is 36.4 Å². The molecule has 2 rings (SSSR count). The van der Waals surface area contributed by atoms with Gasteiger partial charge < -0.3 is 15.0 Å². The fourth-order valence-corrected chi connectivity index (χ4v) is 3.07. The number of carbonyl (C=O) groups is 1. The third kappa shape index (κ3) is 6.97. The first-order valence-corrected chi connectivity index (χ1v) is 10.3. The van der Waals surface area contributed by atoms with Gasteiger partial charge in [0.05, 0.1) is 18.5 Å². The Labute approximate surface area is 169 Å². The number of hydrogen-bond acceptors (Lipinski definition) is 4. The summed E-state index contributed by atoms with van der Waals surface area (Å²) in [5.41, 5.74) is 2.45. The first-order valence-electron chi connectivity index (χ1n) is 10.3. The van der Waals surface area contributed by atoms with Crippen LogP contribution in [0.15, 0.2) is 42.6 Å². The van der Waals surface area contributed by atoms with E-state index in [9.17, 15) is 4.79 Å². The molecule has 5 heteroatoms. The van der Waals surface area contributed by atoms with Gasteiger partial charge in [-0.25, -0.2) is 0 Å². The Bertz CT molecular complexity index is 711. The number of benzene rings is 1. The molecule has 0 aliphatic carbocycles. The minimum Gasteiger partial charge on any atom is -0.497 e. The van der Waals surface area contributed by atoms with Gasteiger partial charge in [-0.2, -0.15) is 0 Å². The maximum Gasteiger partial charge on any atom is 0.225 e. The molecule has 0 saturated carbocycles. The average molecular weight is 384 g/mol. The molecule has 0 spiro atoms. The maximum absolute atomic E-state index is 12.6. The highest BCUT2D eigenvalue weighted by molar-refractivity contribution is 5.95. The standard InChI is InChI=1S/C23H33N3O2/c1-4-6-15-26(16-7-5-2)17-13-23(27)25-22-18-19(28-3)11-12-20(22)21-10-8-9-14-24-21/h8-12,14,18H,4-7,13,15-17H2,1-3H3,(H,25,27). The van der Waals surface area contributed by atoms with E-state index in [-0.39, 0.29) is 5.91 Å². The van der Waals surface area contributed by atoms with Crippen LogP contribution in [0.2, 0.25) is 0 Å². The van der Waals surface area contributed by atoms with Gasteiger partial charge in [-0.15, -0.1) is 0 Å². The first-order chi connectivity index (χ1) is 13.7. The lowest BCUT2D eigenvalue weighted by molar-refractivity contribution is -0.116. The number of nitrogens with zero attached hydrogens (tertiary/aromatic N) is 2. The Morgan fingerprint density at radius 2 is 1.82 bits per heavy atom. The quantitative estimate of drug-likeness (QED) is 0.561. The highest BCUT2D eigenvalue weighted by Gasteiger charge is 2.13. The molecule has 0 aliphatic rings. The van der Waals surface area contributed by atoms with Gasteiger partial charge in [0.25, 0.3) is 0 Å². The molecule has 1 aromatic heterocycles. The zero-order chi connectivity index (χ0) is 20.2. The summed E-state index contributed by atoms with van der Waals surface area (Å²) in [6, 6.07) is 11.4. The Balaban J connectivity index is 2.05. The Morgan fingerprint density at radius 1 is 1.07 bits per heavy atom. The summed E-state index contributed by atoms with van der Waals surface area (Å²) in [4.78, 5) is 19.5. The van der Waals surface area contributed by atoms with E-state index in [1.54, 1.807) is 13.3 Å². The summed E-state index contributed by atoms with van der Waals surface area (Å²) in [6.45, 7) is 7.30. The van der Waals surface area contributed by atoms with Gasteiger partial charge in [-0.3, -0.25) is 9.78 Å². The van der Waals surface area contributed by atoms with Crippen molar-refractivity contribution in [1.82, 2.24) is 9.88 Å². The van der Waals surface area contributed by atoms with Crippen LogP contribution in [-0.4, -0.2) is 42.5 Å². The molecule has 0 aliphatic heterocycles. The molecule has 152 valence electrons. The minimum absolute atomic E-state index is 0.0171. The van der Waals surface area contributed by atoms with Crippen LogP contribution in [0.5, 0.6) is 5.75 Å². The number of carbonyl (C=O) groups excluding carboxylic acids is 1. The molecular formula is C23H33N3O2.